The maximum absolute atomic E-state index is 13.9. The van der Waals surface area contributed by atoms with Gasteiger partial charge in [0.1, 0.15) is 5.75 Å². The summed E-state index contributed by atoms with van der Waals surface area (Å²) in [4.78, 5) is 15.7. The number of rotatable bonds is 7. The predicted octanol–water partition coefficient (Wildman–Crippen LogP) is 4.04. The molecule has 3 aromatic carbocycles. The molecule has 0 unspecified atom stereocenters. The van der Waals surface area contributed by atoms with Crippen LogP contribution in [-0.2, 0) is 21.4 Å². The first-order valence-corrected chi connectivity index (χ1v) is 14.4. The van der Waals surface area contributed by atoms with Gasteiger partial charge in [0.05, 0.1) is 37.4 Å². The molecule has 3 aromatic rings. The standard InChI is InChI=1S/C30H36N2O6S/c1-21-17-32(22(2)19-33)30(34)28-15-8-7-14-27(28)26-13-6-5-10-23(26)20-38-29(21)18-31(3)39(35,36)25-12-9-11-24(16-25)37-4/h5-16,21-22,29,33H,17-20H2,1-4H3/t21-,22+,29-/m1/s1. The molecular formula is C30H36N2O6S. The lowest BCUT2D eigenvalue weighted by atomic mass is 9.94. The number of hydrogen-bond acceptors (Lipinski definition) is 6. The van der Waals surface area contributed by atoms with Crippen molar-refractivity contribution in [2.24, 2.45) is 5.92 Å². The smallest absolute Gasteiger partial charge is 0.254 e. The summed E-state index contributed by atoms with van der Waals surface area (Å²) in [5, 5.41) is 10.0. The molecule has 1 amide bonds. The Kier molecular flexibility index (Phi) is 9.07. The fraction of sp³-hybridized carbons (Fsp3) is 0.367. The minimum atomic E-state index is -3.84. The van der Waals surface area contributed by atoms with E-state index in [1.165, 1.54) is 30.6 Å². The number of ether oxygens (including phenoxy) is 2. The van der Waals surface area contributed by atoms with E-state index in [0.717, 1.165) is 16.7 Å². The molecule has 1 N–H and O–H groups in total. The molecule has 9 heteroatoms. The van der Waals surface area contributed by atoms with Crippen LogP contribution in [0.3, 0.4) is 0 Å². The largest absolute Gasteiger partial charge is 0.497 e. The summed E-state index contributed by atoms with van der Waals surface area (Å²) in [5.41, 5.74) is 3.12. The van der Waals surface area contributed by atoms with Crippen LogP contribution in [0.4, 0.5) is 0 Å². The summed E-state index contributed by atoms with van der Waals surface area (Å²) in [6.07, 6.45) is -0.536. The number of carbonyl (C=O) groups excluding carboxylic acids is 1. The first-order chi connectivity index (χ1) is 18.7. The van der Waals surface area contributed by atoms with Crippen molar-refractivity contribution in [3.63, 3.8) is 0 Å². The number of aliphatic hydroxyl groups is 1. The maximum atomic E-state index is 13.9. The van der Waals surface area contributed by atoms with E-state index >= 15 is 0 Å². The fourth-order valence-electron chi connectivity index (χ4n) is 4.84. The van der Waals surface area contributed by atoms with Gasteiger partial charge in [-0.15, -0.1) is 0 Å². The maximum Gasteiger partial charge on any atom is 0.254 e. The Balaban J connectivity index is 1.72. The summed E-state index contributed by atoms with van der Waals surface area (Å²) >= 11 is 0. The third-order valence-corrected chi connectivity index (χ3v) is 9.10. The van der Waals surface area contributed by atoms with E-state index in [4.69, 9.17) is 9.47 Å². The van der Waals surface area contributed by atoms with Crippen LogP contribution in [-0.4, -0.2) is 74.6 Å². The molecule has 8 nitrogen and oxygen atoms in total. The van der Waals surface area contributed by atoms with Crippen LogP contribution in [0.2, 0.25) is 0 Å². The summed E-state index contributed by atoms with van der Waals surface area (Å²) in [6.45, 7) is 4.14. The Morgan fingerprint density at radius 3 is 2.41 bits per heavy atom. The molecule has 0 aliphatic carbocycles. The van der Waals surface area contributed by atoms with Gasteiger partial charge in [-0.05, 0) is 41.8 Å². The van der Waals surface area contributed by atoms with E-state index in [0.29, 0.717) is 11.3 Å². The number of nitrogens with zero attached hydrogens (tertiary/aromatic N) is 2. The summed E-state index contributed by atoms with van der Waals surface area (Å²) in [6, 6.07) is 21.1. The zero-order chi connectivity index (χ0) is 28.2. The SMILES string of the molecule is COc1cccc(S(=O)(=O)N(C)C[C@H]2OCc3ccccc3-c3ccccc3C(=O)N([C@@H](C)CO)C[C@H]2C)c1. The van der Waals surface area contributed by atoms with Gasteiger partial charge < -0.3 is 19.5 Å². The number of sulfonamides is 1. The number of carbonyl (C=O) groups is 1. The third kappa shape index (κ3) is 6.17. The van der Waals surface area contributed by atoms with Crippen LogP contribution >= 0.6 is 0 Å². The molecule has 0 bridgehead atoms. The van der Waals surface area contributed by atoms with Crippen LogP contribution in [0.15, 0.2) is 77.7 Å². The molecule has 0 fully saturated rings. The van der Waals surface area contributed by atoms with Crippen molar-refractivity contribution in [1.82, 2.24) is 9.21 Å². The van der Waals surface area contributed by atoms with E-state index < -0.39 is 22.2 Å². The highest BCUT2D eigenvalue weighted by atomic mass is 32.2. The normalized spacial score (nSPS) is 19.1. The Labute approximate surface area is 230 Å². The van der Waals surface area contributed by atoms with Crippen molar-refractivity contribution in [2.75, 3.05) is 33.9 Å². The predicted molar refractivity (Wildman–Crippen MR) is 150 cm³/mol. The summed E-state index contributed by atoms with van der Waals surface area (Å²) in [5.74, 6) is 0.0162. The van der Waals surface area contributed by atoms with Gasteiger partial charge in [0.2, 0.25) is 10.0 Å². The average molecular weight is 553 g/mol. The molecule has 0 spiro atoms. The van der Waals surface area contributed by atoms with Gasteiger partial charge in [-0.1, -0.05) is 55.5 Å². The third-order valence-electron chi connectivity index (χ3n) is 7.28. The molecule has 208 valence electrons. The molecule has 1 heterocycles. The van der Waals surface area contributed by atoms with Crippen LogP contribution in [0.1, 0.15) is 29.8 Å². The minimum Gasteiger partial charge on any atom is -0.497 e. The lowest BCUT2D eigenvalue weighted by Crippen LogP contribution is -2.47. The number of methoxy groups -OCH3 is 1. The Morgan fingerprint density at radius 1 is 1.05 bits per heavy atom. The molecule has 0 aromatic heterocycles. The number of aliphatic hydroxyl groups excluding tert-OH is 1. The quantitative estimate of drug-likeness (QED) is 0.475. The van der Waals surface area contributed by atoms with Crippen LogP contribution < -0.4 is 4.74 Å². The minimum absolute atomic E-state index is 0.0748. The lowest BCUT2D eigenvalue weighted by molar-refractivity contribution is -0.0146. The van der Waals surface area contributed by atoms with Crippen LogP contribution in [0.25, 0.3) is 11.1 Å². The van der Waals surface area contributed by atoms with E-state index in [1.807, 2.05) is 49.4 Å². The molecule has 1 aliphatic rings. The van der Waals surface area contributed by atoms with Gasteiger partial charge in [-0.3, -0.25) is 4.79 Å². The molecular weight excluding hydrogens is 516 g/mol. The van der Waals surface area contributed by atoms with Gasteiger partial charge in [-0.2, -0.15) is 4.31 Å². The van der Waals surface area contributed by atoms with Gasteiger partial charge in [0, 0.05) is 37.7 Å². The summed E-state index contributed by atoms with van der Waals surface area (Å²) in [7, 11) is -0.819. The molecule has 0 saturated heterocycles. The Hall–Kier alpha value is -3.24. The molecule has 0 radical (unpaired) electrons. The number of benzene rings is 3. The van der Waals surface area contributed by atoms with Gasteiger partial charge in [0.25, 0.3) is 5.91 Å². The Bertz CT molecular complexity index is 1410. The van der Waals surface area contributed by atoms with Gasteiger partial charge >= 0.3 is 0 Å². The molecule has 39 heavy (non-hydrogen) atoms. The van der Waals surface area contributed by atoms with Crippen molar-refractivity contribution in [2.45, 2.75) is 37.5 Å². The average Bonchev–Trinajstić information content (AvgIpc) is 2.98. The monoisotopic (exact) mass is 552 g/mol. The highest BCUT2D eigenvalue weighted by Gasteiger charge is 2.32. The first kappa shape index (κ1) is 28.8. The number of fused-ring (bicyclic) bond motifs is 3. The topological polar surface area (TPSA) is 96.4 Å². The van der Waals surface area contributed by atoms with Gasteiger partial charge in [0.15, 0.2) is 0 Å². The highest BCUT2D eigenvalue weighted by molar-refractivity contribution is 7.89. The zero-order valence-corrected chi connectivity index (χ0v) is 23.6. The second-order valence-corrected chi connectivity index (χ2v) is 12.0. The van der Waals surface area contributed by atoms with E-state index in [2.05, 4.69) is 0 Å². The van der Waals surface area contributed by atoms with Crippen molar-refractivity contribution in [3.8, 4) is 16.9 Å². The molecule has 1 aliphatic heterocycles. The number of hydrogen-bond donors (Lipinski definition) is 1. The fourth-order valence-corrected chi connectivity index (χ4v) is 6.06. The van der Waals surface area contributed by atoms with Crippen molar-refractivity contribution < 1.29 is 27.8 Å². The van der Waals surface area contributed by atoms with Crippen molar-refractivity contribution >= 4 is 15.9 Å². The summed E-state index contributed by atoms with van der Waals surface area (Å²) < 4.78 is 39.8. The van der Waals surface area contributed by atoms with E-state index in [9.17, 15) is 18.3 Å². The molecule has 3 atom stereocenters. The second kappa shape index (κ2) is 12.3. The highest BCUT2D eigenvalue weighted by Crippen LogP contribution is 2.31. The van der Waals surface area contributed by atoms with Crippen LogP contribution in [0, 0.1) is 5.92 Å². The molecule has 0 saturated carbocycles. The van der Waals surface area contributed by atoms with Crippen molar-refractivity contribution in [3.05, 3.63) is 83.9 Å². The van der Waals surface area contributed by atoms with Crippen LogP contribution in [0.5, 0.6) is 5.75 Å². The lowest BCUT2D eigenvalue weighted by Gasteiger charge is -2.35. The zero-order valence-electron chi connectivity index (χ0n) is 22.8. The van der Waals surface area contributed by atoms with E-state index in [-0.39, 0.29) is 43.0 Å². The number of likely N-dealkylation sites (N-methyl/N-ethyl adjacent to an activating group) is 1. The molecule has 4 rings (SSSR count). The first-order valence-electron chi connectivity index (χ1n) is 13.0. The van der Waals surface area contributed by atoms with Gasteiger partial charge in [-0.25, -0.2) is 8.42 Å². The number of amides is 1. The van der Waals surface area contributed by atoms with Crippen molar-refractivity contribution in [1.29, 1.82) is 0 Å². The second-order valence-electron chi connectivity index (χ2n) is 9.98. The van der Waals surface area contributed by atoms with E-state index in [1.54, 1.807) is 30.0 Å². The Morgan fingerprint density at radius 2 is 1.72 bits per heavy atom.